The van der Waals surface area contributed by atoms with E-state index in [2.05, 4.69) is 70.7 Å². The number of amides is 2. The van der Waals surface area contributed by atoms with E-state index in [1.165, 1.54) is 16.5 Å². The average molecular weight is 866 g/mol. The van der Waals surface area contributed by atoms with Gasteiger partial charge in [0.2, 0.25) is 11.8 Å². The molecule has 328 valence electrons. The van der Waals surface area contributed by atoms with Gasteiger partial charge in [0.25, 0.3) is 0 Å². The number of fused-ring (bicyclic) bond motifs is 2. The van der Waals surface area contributed by atoms with Crippen LogP contribution in [0.25, 0.3) is 10.7 Å². The first-order valence-corrected chi connectivity index (χ1v) is 23.1. The Kier molecular flexibility index (Phi) is 13.7. The number of ether oxygens (including phenoxy) is 1. The fourth-order valence-corrected chi connectivity index (χ4v) is 10.8. The highest BCUT2D eigenvalue weighted by molar-refractivity contribution is 8.08. The highest BCUT2D eigenvalue weighted by atomic mass is 32.2. The van der Waals surface area contributed by atoms with Gasteiger partial charge >= 0.3 is 6.18 Å². The number of thioether (sulfide) groups is 1. The minimum absolute atomic E-state index is 0.0516. The van der Waals surface area contributed by atoms with Crippen LogP contribution in [0.5, 0.6) is 0 Å². The number of carbonyl (C=O) groups excluding carboxylic acids is 2. The number of piperidine rings is 1. The molecule has 2 amide bonds. The van der Waals surface area contributed by atoms with Crippen molar-refractivity contribution >= 4 is 45.6 Å². The summed E-state index contributed by atoms with van der Waals surface area (Å²) in [5, 5.41) is 2.80. The summed E-state index contributed by atoms with van der Waals surface area (Å²) in [6.07, 6.45) is 0.321. The molecule has 12 heteroatoms. The van der Waals surface area contributed by atoms with E-state index >= 15 is 0 Å². The highest BCUT2D eigenvalue weighted by Gasteiger charge is 2.46. The van der Waals surface area contributed by atoms with E-state index in [9.17, 15) is 22.8 Å². The van der Waals surface area contributed by atoms with Gasteiger partial charge in [-0.3, -0.25) is 14.5 Å². The summed E-state index contributed by atoms with van der Waals surface area (Å²) in [5.41, 5.74) is 5.32. The number of unbranched alkanes of at least 4 members (excludes halogenated alkanes) is 1. The van der Waals surface area contributed by atoms with Gasteiger partial charge in [-0.05, 0) is 97.0 Å². The van der Waals surface area contributed by atoms with E-state index in [1.54, 1.807) is 6.07 Å². The number of piperazine rings is 1. The second kappa shape index (κ2) is 19.3. The lowest BCUT2D eigenvalue weighted by atomic mass is 9.73. The standard InChI is InChI=1S/C50H58F3N5O3S/c1-55-26-28-57(29-27-55)35-38-15-18-40(33-44(38)50(51,52)53)54-45(59)32-39-34-49(43-13-7-6-12-42(39)43)21-24-58(25-22-49)46(60)14-8-9-23-56(2)41-19-16-37(17-20-41)48-47(61-30-31-62-48)36-10-4-3-5-11-36/h3-7,10-13,15-20,33,39H,8-9,14,21-32,34-35H2,1-2H3,(H,54,59). The van der Waals surface area contributed by atoms with Crippen molar-refractivity contribution in [2.24, 2.45) is 0 Å². The summed E-state index contributed by atoms with van der Waals surface area (Å²) < 4.78 is 48.9. The maximum atomic E-state index is 14.3. The third-order valence-corrected chi connectivity index (χ3v) is 14.4. The molecule has 8 rings (SSSR count). The molecule has 62 heavy (non-hydrogen) atoms. The first-order chi connectivity index (χ1) is 30.0. The number of alkyl halides is 3. The SMILES string of the molecule is CN1CCN(Cc2ccc(NC(=O)CC3CC4(CCN(C(=O)CCCCN(C)c5ccc(C6=C(c7ccccc7)OCCS6)cc5)CC4)c4ccccc43)cc2C(F)(F)F)CC1. The molecule has 0 radical (unpaired) electrons. The predicted octanol–water partition coefficient (Wildman–Crippen LogP) is 9.72. The van der Waals surface area contributed by atoms with Gasteiger partial charge in [-0.25, -0.2) is 0 Å². The molecular formula is C50H58F3N5O3S. The molecule has 0 aromatic heterocycles. The molecule has 1 aliphatic carbocycles. The summed E-state index contributed by atoms with van der Waals surface area (Å²) in [7, 11) is 4.12. The number of rotatable bonds is 13. The molecule has 2 fully saturated rings. The fourth-order valence-electron chi connectivity index (χ4n) is 9.82. The maximum Gasteiger partial charge on any atom is 0.416 e. The Balaban J connectivity index is 0.809. The van der Waals surface area contributed by atoms with Crippen molar-refractivity contribution in [3.05, 3.63) is 130 Å². The third kappa shape index (κ3) is 10.2. The Morgan fingerprint density at radius 1 is 0.871 bits per heavy atom. The number of nitrogens with zero attached hydrogens (tertiary/aromatic N) is 4. The second-order valence-electron chi connectivity index (χ2n) is 17.5. The molecule has 1 unspecified atom stereocenters. The summed E-state index contributed by atoms with van der Waals surface area (Å²) in [6.45, 7) is 6.19. The molecule has 2 saturated heterocycles. The minimum atomic E-state index is -4.53. The summed E-state index contributed by atoms with van der Waals surface area (Å²) in [4.78, 5) is 36.6. The van der Waals surface area contributed by atoms with Crippen LogP contribution in [0.2, 0.25) is 0 Å². The molecule has 3 heterocycles. The second-order valence-corrected chi connectivity index (χ2v) is 18.6. The van der Waals surface area contributed by atoms with Crippen molar-refractivity contribution in [1.82, 2.24) is 14.7 Å². The lowest BCUT2D eigenvalue weighted by molar-refractivity contribution is -0.138. The van der Waals surface area contributed by atoms with E-state index < -0.39 is 11.7 Å². The van der Waals surface area contributed by atoms with Crippen LogP contribution in [0, 0.1) is 0 Å². The highest BCUT2D eigenvalue weighted by Crippen LogP contribution is 2.53. The van der Waals surface area contributed by atoms with Gasteiger partial charge in [0.05, 0.1) is 17.1 Å². The van der Waals surface area contributed by atoms with Gasteiger partial charge in [-0.15, -0.1) is 11.8 Å². The lowest BCUT2D eigenvalue weighted by Gasteiger charge is -2.40. The van der Waals surface area contributed by atoms with Gasteiger partial charge < -0.3 is 24.8 Å². The van der Waals surface area contributed by atoms with Crippen LogP contribution in [0.1, 0.15) is 84.2 Å². The van der Waals surface area contributed by atoms with Crippen LogP contribution in [-0.4, -0.2) is 98.8 Å². The number of nitrogens with one attached hydrogen (secondary N) is 1. The van der Waals surface area contributed by atoms with Gasteiger partial charge in [0.15, 0.2) is 0 Å². The predicted molar refractivity (Wildman–Crippen MR) is 244 cm³/mol. The molecule has 3 aliphatic heterocycles. The summed E-state index contributed by atoms with van der Waals surface area (Å²) >= 11 is 1.84. The van der Waals surface area contributed by atoms with Crippen molar-refractivity contribution in [2.75, 3.05) is 82.5 Å². The first-order valence-electron chi connectivity index (χ1n) is 22.1. The fraction of sp³-hybridized carbons (Fsp3) is 0.440. The number of hydrogen-bond donors (Lipinski definition) is 1. The molecule has 1 spiro atoms. The molecular weight excluding hydrogens is 808 g/mol. The molecule has 1 N–H and O–H groups in total. The van der Waals surface area contributed by atoms with E-state index in [1.807, 2.05) is 58.9 Å². The average Bonchev–Trinajstić information content (AvgIpc) is 3.57. The number of likely N-dealkylation sites (N-methyl/N-ethyl adjacent to an activating group) is 1. The zero-order chi connectivity index (χ0) is 43.3. The van der Waals surface area contributed by atoms with E-state index in [0.29, 0.717) is 39.2 Å². The van der Waals surface area contributed by atoms with Gasteiger partial charge in [0.1, 0.15) is 5.76 Å². The van der Waals surface area contributed by atoms with Crippen LogP contribution in [-0.2, 0) is 32.5 Å². The number of likely N-dealkylation sites (tertiary alicyclic amines) is 1. The van der Waals surface area contributed by atoms with Crippen molar-refractivity contribution in [3.8, 4) is 0 Å². The first kappa shape index (κ1) is 43.9. The van der Waals surface area contributed by atoms with Crippen molar-refractivity contribution in [1.29, 1.82) is 0 Å². The molecule has 8 nitrogen and oxygen atoms in total. The monoisotopic (exact) mass is 865 g/mol. The smallest absolute Gasteiger partial charge is 0.416 e. The largest absolute Gasteiger partial charge is 0.491 e. The van der Waals surface area contributed by atoms with Crippen LogP contribution in [0.3, 0.4) is 0 Å². The molecule has 0 saturated carbocycles. The topological polar surface area (TPSA) is 68.4 Å². The zero-order valence-electron chi connectivity index (χ0n) is 35.9. The molecule has 1 atom stereocenters. The van der Waals surface area contributed by atoms with Crippen LogP contribution < -0.4 is 10.2 Å². The number of benzene rings is 4. The van der Waals surface area contributed by atoms with Crippen LogP contribution >= 0.6 is 11.8 Å². The lowest BCUT2D eigenvalue weighted by Crippen LogP contribution is -2.44. The molecule has 4 aromatic carbocycles. The molecule has 4 aliphatic rings. The third-order valence-electron chi connectivity index (χ3n) is 13.3. The van der Waals surface area contributed by atoms with Crippen molar-refractivity contribution < 1.29 is 27.5 Å². The number of halogens is 3. The quantitative estimate of drug-likeness (QED) is 0.134. The summed E-state index contributed by atoms with van der Waals surface area (Å²) in [5.74, 6) is 1.72. The Labute approximate surface area is 368 Å². The minimum Gasteiger partial charge on any atom is -0.491 e. The Hall–Kier alpha value is -4.78. The Bertz CT molecular complexity index is 2220. The number of hydrogen-bond acceptors (Lipinski definition) is 7. The van der Waals surface area contributed by atoms with Gasteiger partial charge in [0, 0.05) is 94.9 Å². The maximum absolute atomic E-state index is 14.3. The van der Waals surface area contributed by atoms with Crippen LogP contribution in [0.15, 0.2) is 97.1 Å². The normalized spacial score (nSPS) is 19.3. The Morgan fingerprint density at radius 2 is 1.60 bits per heavy atom. The van der Waals surface area contributed by atoms with Crippen LogP contribution in [0.4, 0.5) is 24.5 Å². The number of anilines is 2. The molecule has 0 bridgehead atoms. The Morgan fingerprint density at radius 3 is 2.34 bits per heavy atom. The van der Waals surface area contributed by atoms with Crippen molar-refractivity contribution in [2.45, 2.75) is 69.0 Å². The zero-order valence-corrected chi connectivity index (χ0v) is 36.7. The van der Waals surface area contributed by atoms with Gasteiger partial charge in [-0.1, -0.05) is 72.8 Å². The van der Waals surface area contributed by atoms with Crippen molar-refractivity contribution in [3.63, 3.8) is 0 Å². The van der Waals surface area contributed by atoms with E-state index in [-0.39, 0.29) is 47.4 Å². The van der Waals surface area contributed by atoms with E-state index in [4.69, 9.17) is 4.74 Å². The number of carbonyl (C=O) groups is 2. The summed E-state index contributed by atoms with van der Waals surface area (Å²) in [6, 6.07) is 31.4. The molecule has 4 aromatic rings. The van der Waals surface area contributed by atoms with E-state index in [0.717, 1.165) is 91.7 Å². The van der Waals surface area contributed by atoms with Gasteiger partial charge in [-0.2, -0.15) is 13.2 Å².